The lowest BCUT2D eigenvalue weighted by molar-refractivity contribution is -0.126. The maximum atomic E-state index is 12.1. The van der Waals surface area contributed by atoms with Crippen molar-refractivity contribution in [3.8, 4) is 0 Å². The predicted octanol–water partition coefficient (Wildman–Crippen LogP) is 2.61. The number of hydrogen-bond acceptors (Lipinski definition) is 2. The molecular formula is C15H19ClN2O2. The first-order chi connectivity index (χ1) is 9.52. The normalized spacial score (nSPS) is 20.1. The molecule has 1 heterocycles. The molecule has 2 amide bonds. The zero-order valence-electron chi connectivity index (χ0n) is 11.7. The molecule has 0 unspecified atom stereocenters. The van der Waals surface area contributed by atoms with Crippen molar-refractivity contribution in [2.75, 3.05) is 11.4 Å². The van der Waals surface area contributed by atoms with Crippen LogP contribution in [-0.2, 0) is 9.59 Å². The van der Waals surface area contributed by atoms with Gasteiger partial charge in [-0.2, -0.15) is 0 Å². The van der Waals surface area contributed by atoms with Gasteiger partial charge in [0.15, 0.2) is 0 Å². The van der Waals surface area contributed by atoms with Crippen molar-refractivity contribution in [3.63, 3.8) is 0 Å². The molecule has 2 rings (SSSR count). The molecule has 20 heavy (non-hydrogen) atoms. The molecular weight excluding hydrogens is 276 g/mol. The summed E-state index contributed by atoms with van der Waals surface area (Å²) in [6, 6.07) is 7.33. The van der Waals surface area contributed by atoms with Gasteiger partial charge in [-0.3, -0.25) is 9.59 Å². The van der Waals surface area contributed by atoms with Crippen LogP contribution in [0, 0.1) is 5.92 Å². The van der Waals surface area contributed by atoms with E-state index in [0.29, 0.717) is 17.3 Å². The van der Waals surface area contributed by atoms with E-state index in [1.807, 2.05) is 26.0 Å². The lowest BCUT2D eigenvalue weighted by Crippen LogP contribution is -2.38. The number of rotatable bonds is 4. The number of benzene rings is 1. The Kier molecular flexibility index (Phi) is 4.65. The van der Waals surface area contributed by atoms with Gasteiger partial charge in [-0.1, -0.05) is 30.7 Å². The van der Waals surface area contributed by atoms with Crippen molar-refractivity contribution in [2.24, 2.45) is 5.92 Å². The number of carbonyl (C=O) groups is 2. The zero-order valence-corrected chi connectivity index (χ0v) is 12.5. The van der Waals surface area contributed by atoms with Gasteiger partial charge in [0, 0.05) is 19.0 Å². The van der Waals surface area contributed by atoms with Crippen LogP contribution in [0.2, 0.25) is 5.02 Å². The molecule has 5 heteroatoms. The van der Waals surface area contributed by atoms with Gasteiger partial charge in [-0.25, -0.2) is 0 Å². The third-order valence-corrected chi connectivity index (χ3v) is 3.96. The van der Waals surface area contributed by atoms with E-state index >= 15 is 0 Å². The fourth-order valence-electron chi connectivity index (χ4n) is 2.25. The van der Waals surface area contributed by atoms with Crippen LogP contribution in [0.25, 0.3) is 0 Å². The minimum Gasteiger partial charge on any atom is -0.353 e. The molecule has 1 saturated heterocycles. The summed E-state index contributed by atoms with van der Waals surface area (Å²) in [6.45, 7) is 4.37. The number of nitrogens with zero attached hydrogens (tertiary/aromatic N) is 1. The Hall–Kier alpha value is -1.55. The number of nitrogens with one attached hydrogen (secondary N) is 1. The first-order valence-corrected chi connectivity index (χ1v) is 7.26. The molecule has 0 aliphatic carbocycles. The van der Waals surface area contributed by atoms with Gasteiger partial charge in [-0.15, -0.1) is 0 Å². The van der Waals surface area contributed by atoms with Crippen LogP contribution in [-0.4, -0.2) is 24.4 Å². The van der Waals surface area contributed by atoms with Crippen LogP contribution < -0.4 is 10.2 Å². The van der Waals surface area contributed by atoms with Gasteiger partial charge in [0.05, 0.1) is 16.6 Å². The maximum absolute atomic E-state index is 12.1. The van der Waals surface area contributed by atoms with E-state index in [0.717, 1.165) is 6.42 Å². The number of anilines is 1. The quantitative estimate of drug-likeness (QED) is 0.928. The van der Waals surface area contributed by atoms with Crippen molar-refractivity contribution < 1.29 is 9.59 Å². The second kappa shape index (κ2) is 6.27. The predicted molar refractivity (Wildman–Crippen MR) is 79.8 cm³/mol. The third kappa shape index (κ3) is 3.12. The van der Waals surface area contributed by atoms with Gasteiger partial charge in [-0.05, 0) is 25.5 Å². The summed E-state index contributed by atoms with van der Waals surface area (Å²) in [5.41, 5.74) is 0.679. The molecule has 108 valence electrons. The standard InChI is InChI=1S/C15H19ClN2O2/c1-3-10(2)17-15(20)11-8-14(19)18(9-11)13-7-5-4-6-12(13)16/h4-7,10-11H,3,8-9H2,1-2H3,(H,17,20)/t10-,11-/m1/s1. The summed E-state index contributed by atoms with van der Waals surface area (Å²) in [5, 5.41) is 3.46. The lowest BCUT2D eigenvalue weighted by Gasteiger charge is -2.18. The Morgan fingerprint density at radius 3 is 2.85 bits per heavy atom. The monoisotopic (exact) mass is 294 g/mol. The molecule has 0 aromatic heterocycles. The average Bonchev–Trinajstić information content (AvgIpc) is 2.81. The van der Waals surface area contributed by atoms with Gasteiger partial charge in [0.1, 0.15) is 0 Å². The first-order valence-electron chi connectivity index (χ1n) is 6.88. The summed E-state index contributed by atoms with van der Waals surface area (Å²) in [7, 11) is 0. The van der Waals surface area contributed by atoms with Crippen LogP contribution in [0.15, 0.2) is 24.3 Å². The first kappa shape index (κ1) is 14.9. The third-order valence-electron chi connectivity index (χ3n) is 3.64. The van der Waals surface area contributed by atoms with Crippen LogP contribution >= 0.6 is 11.6 Å². The number of carbonyl (C=O) groups excluding carboxylic acids is 2. The highest BCUT2D eigenvalue weighted by Crippen LogP contribution is 2.31. The lowest BCUT2D eigenvalue weighted by atomic mass is 10.1. The van der Waals surface area contributed by atoms with E-state index in [1.54, 1.807) is 17.0 Å². The summed E-state index contributed by atoms with van der Waals surface area (Å²) in [6.07, 6.45) is 1.12. The van der Waals surface area contributed by atoms with Crippen LogP contribution in [0.4, 0.5) is 5.69 Å². The molecule has 0 spiro atoms. The minimum absolute atomic E-state index is 0.0533. The van der Waals surface area contributed by atoms with Crippen LogP contribution in [0.1, 0.15) is 26.7 Å². The van der Waals surface area contributed by atoms with E-state index in [2.05, 4.69) is 5.32 Å². The van der Waals surface area contributed by atoms with Crippen molar-refractivity contribution in [3.05, 3.63) is 29.3 Å². The number of amides is 2. The average molecular weight is 295 g/mol. The molecule has 2 atom stereocenters. The molecule has 1 aromatic rings. The van der Waals surface area contributed by atoms with Crippen molar-refractivity contribution in [1.82, 2.24) is 5.32 Å². The van der Waals surface area contributed by atoms with Gasteiger partial charge < -0.3 is 10.2 Å². The second-order valence-corrected chi connectivity index (χ2v) is 5.58. The topological polar surface area (TPSA) is 49.4 Å². The van der Waals surface area contributed by atoms with E-state index in [9.17, 15) is 9.59 Å². The Morgan fingerprint density at radius 1 is 1.50 bits per heavy atom. The highest BCUT2D eigenvalue weighted by molar-refractivity contribution is 6.33. The number of hydrogen-bond donors (Lipinski definition) is 1. The highest BCUT2D eigenvalue weighted by atomic mass is 35.5. The number of para-hydroxylation sites is 1. The van der Waals surface area contributed by atoms with E-state index < -0.39 is 0 Å². The Labute approximate surface area is 124 Å². The molecule has 1 aliphatic rings. The molecule has 1 fully saturated rings. The van der Waals surface area contributed by atoms with Gasteiger partial charge in [0.2, 0.25) is 11.8 Å². The molecule has 1 aromatic carbocycles. The minimum atomic E-state index is -0.298. The molecule has 0 bridgehead atoms. The zero-order chi connectivity index (χ0) is 14.7. The molecule has 1 aliphatic heterocycles. The van der Waals surface area contributed by atoms with Crippen LogP contribution in [0.5, 0.6) is 0 Å². The van der Waals surface area contributed by atoms with Crippen LogP contribution in [0.3, 0.4) is 0 Å². The largest absolute Gasteiger partial charge is 0.353 e. The maximum Gasteiger partial charge on any atom is 0.227 e. The summed E-state index contributed by atoms with van der Waals surface area (Å²) in [4.78, 5) is 25.8. The molecule has 4 nitrogen and oxygen atoms in total. The summed E-state index contributed by atoms with van der Waals surface area (Å²) < 4.78 is 0. The molecule has 0 saturated carbocycles. The fraction of sp³-hybridized carbons (Fsp3) is 0.467. The summed E-state index contributed by atoms with van der Waals surface area (Å²) >= 11 is 6.11. The van der Waals surface area contributed by atoms with Gasteiger partial charge >= 0.3 is 0 Å². The van der Waals surface area contributed by atoms with E-state index in [4.69, 9.17) is 11.6 Å². The van der Waals surface area contributed by atoms with E-state index in [1.165, 1.54) is 0 Å². The van der Waals surface area contributed by atoms with Crippen molar-refractivity contribution >= 4 is 29.1 Å². The smallest absolute Gasteiger partial charge is 0.227 e. The second-order valence-electron chi connectivity index (χ2n) is 5.17. The molecule has 1 N–H and O–H groups in total. The molecule has 0 radical (unpaired) electrons. The Morgan fingerprint density at radius 2 is 2.20 bits per heavy atom. The Bertz CT molecular complexity index is 518. The van der Waals surface area contributed by atoms with Crippen molar-refractivity contribution in [1.29, 1.82) is 0 Å². The van der Waals surface area contributed by atoms with E-state index in [-0.39, 0.29) is 30.2 Å². The summed E-state index contributed by atoms with van der Waals surface area (Å²) in [5.74, 6) is -0.405. The van der Waals surface area contributed by atoms with Gasteiger partial charge in [0.25, 0.3) is 0 Å². The SMILES string of the molecule is CC[C@@H](C)NC(=O)[C@@H]1CC(=O)N(c2ccccc2Cl)C1. The Balaban J connectivity index is 2.08. The number of halogens is 1. The highest BCUT2D eigenvalue weighted by Gasteiger charge is 2.35. The van der Waals surface area contributed by atoms with Crippen molar-refractivity contribution in [2.45, 2.75) is 32.7 Å². The fourth-order valence-corrected chi connectivity index (χ4v) is 2.49.